The third-order valence-electron chi connectivity index (χ3n) is 3.32. The van der Waals surface area contributed by atoms with Crippen LogP contribution in [0.4, 0.5) is 0 Å². The van der Waals surface area contributed by atoms with Gasteiger partial charge in [-0.25, -0.2) is 4.98 Å². The lowest BCUT2D eigenvalue weighted by Gasteiger charge is -2.26. The van der Waals surface area contributed by atoms with Crippen LogP contribution in [-0.4, -0.2) is 28.2 Å². The SMILES string of the molecule is CCNC1(C(N)=O)CCC(Sc2nc(C)cs2)C1. The summed E-state index contributed by atoms with van der Waals surface area (Å²) >= 11 is 3.45. The van der Waals surface area contributed by atoms with E-state index in [9.17, 15) is 4.79 Å². The zero-order chi connectivity index (χ0) is 13.2. The Kier molecular flexibility index (Phi) is 4.29. The number of amides is 1. The van der Waals surface area contributed by atoms with Crippen molar-refractivity contribution in [2.45, 2.75) is 48.2 Å². The fraction of sp³-hybridized carbons (Fsp3) is 0.667. The Balaban J connectivity index is 2.00. The number of aromatic nitrogens is 1. The maximum atomic E-state index is 11.7. The minimum Gasteiger partial charge on any atom is -0.368 e. The highest BCUT2D eigenvalue weighted by Crippen LogP contribution is 2.40. The number of hydrogen-bond acceptors (Lipinski definition) is 5. The number of nitrogens with zero attached hydrogens (tertiary/aromatic N) is 1. The summed E-state index contributed by atoms with van der Waals surface area (Å²) in [6, 6.07) is 0. The summed E-state index contributed by atoms with van der Waals surface area (Å²) in [6.07, 6.45) is 2.65. The molecule has 3 N–H and O–H groups in total. The lowest BCUT2D eigenvalue weighted by atomic mass is 9.97. The fourth-order valence-electron chi connectivity index (χ4n) is 2.44. The van der Waals surface area contributed by atoms with Gasteiger partial charge in [0.2, 0.25) is 5.91 Å². The number of likely N-dealkylation sites (N-methyl/N-ethyl adjacent to an activating group) is 1. The number of carbonyl (C=O) groups excluding carboxylic acids is 1. The van der Waals surface area contributed by atoms with Gasteiger partial charge in [0.15, 0.2) is 0 Å². The van der Waals surface area contributed by atoms with Crippen molar-refractivity contribution in [2.24, 2.45) is 5.73 Å². The number of aryl methyl sites for hydroxylation is 1. The van der Waals surface area contributed by atoms with E-state index in [-0.39, 0.29) is 5.91 Å². The van der Waals surface area contributed by atoms with Crippen molar-refractivity contribution in [1.29, 1.82) is 0 Å². The zero-order valence-electron chi connectivity index (χ0n) is 10.7. The Morgan fingerprint density at radius 2 is 2.56 bits per heavy atom. The van der Waals surface area contributed by atoms with Crippen molar-refractivity contribution in [3.05, 3.63) is 11.1 Å². The minimum absolute atomic E-state index is 0.220. The predicted molar refractivity (Wildman–Crippen MR) is 75.9 cm³/mol. The van der Waals surface area contributed by atoms with Crippen LogP contribution in [-0.2, 0) is 4.79 Å². The summed E-state index contributed by atoms with van der Waals surface area (Å²) in [5.74, 6) is -0.220. The number of primary amides is 1. The standard InChI is InChI=1S/C12H19N3OS2/c1-3-14-12(10(13)16)5-4-9(6-12)18-11-15-8(2)7-17-11/h7,9,14H,3-6H2,1-2H3,(H2,13,16). The van der Waals surface area contributed by atoms with Gasteiger partial charge in [0.1, 0.15) is 4.34 Å². The Bertz CT molecular complexity index is 435. The molecule has 1 aromatic rings. The third kappa shape index (κ3) is 2.87. The molecule has 18 heavy (non-hydrogen) atoms. The quantitative estimate of drug-likeness (QED) is 0.867. The number of thiazole rings is 1. The molecule has 0 saturated heterocycles. The maximum Gasteiger partial charge on any atom is 0.237 e. The lowest BCUT2D eigenvalue weighted by Crippen LogP contribution is -2.53. The maximum absolute atomic E-state index is 11.7. The lowest BCUT2D eigenvalue weighted by molar-refractivity contribution is -0.124. The highest BCUT2D eigenvalue weighted by Gasteiger charge is 2.43. The number of rotatable bonds is 5. The van der Waals surface area contributed by atoms with E-state index in [0.717, 1.165) is 35.8 Å². The van der Waals surface area contributed by atoms with Crippen LogP contribution < -0.4 is 11.1 Å². The molecule has 1 aliphatic rings. The van der Waals surface area contributed by atoms with Crippen LogP contribution in [0.1, 0.15) is 31.9 Å². The van der Waals surface area contributed by atoms with E-state index in [4.69, 9.17) is 5.73 Å². The van der Waals surface area contributed by atoms with Gasteiger partial charge in [-0.05, 0) is 32.7 Å². The highest BCUT2D eigenvalue weighted by atomic mass is 32.2. The molecule has 2 unspecified atom stereocenters. The van der Waals surface area contributed by atoms with Crippen molar-refractivity contribution < 1.29 is 4.79 Å². The van der Waals surface area contributed by atoms with E-state index < -0.39 is 5.54 Å². The van der Waals surface area contributed by atoms with E-state index in [0.29, 0.717) is 5.25 Å². The molecule has 4 nitrogen and oxygen atoms in total. The largest absolute Gasteiger partial charge is 0.368 e. The summed E-state index contributed by atoms with van der Waals surface area (Å²) in [7, 11) is 0. The molecule has 0 bridgehead atoms. The topological polar surface area (TPSA) is 68.0 Å². The molecular formula is C12H19N3OS2. The van der Waals surface area contributed by atoms with Crippen LogP contribution in [0, 0.1) is 6.92 Å². The van der Waals surface area contributed by atoms with Gasteiger partial charge in [-0.1, -0.05) is 18.7 Å². The molecule has 1 amide bonds. The molecule has 1 fully saturated rings. The molecule has 0 aliphatic heterocycles. The summed E-state index contributed by atoms with van der Waals surface area (Å²) < 4.78 is 1.09. The molecule has 2 atom stereocenters. The second kappa shape index (κ2) is 5.59. The van der Waals surface area contributed by atoms with E-state index in [2.05, 4.69) is 15.7 Å². The van der Waals surface area contributed by atoms with Crippen LogP contribution in [0.3, 0.4) is 0 Å². The number of thioether (sulfide) groups is 1. The van der Waals surface area contributed by atoms with Crippen LogP contribution >= 0.6 is 23.1 Å². The van der Waals surface area contributed by atoms with Crippen molar-refractivity contribution in [2.75, 3.05) is 6.54 Å². The van der Waals surface area contributed by atoms with Crippen molar-refractivity contribution in [3.8, 4) is 0 Å². The fourth-order valence-corrected chi connectivity index (χ4v) is 4.82. The first-order chi connectivity index (χ1) is 8.55. The minimum atomic E-state index is -0.501. The molecule has 0 aromatic carbocycles. The smallest absolute Gasteiger partial charge is 0.237 e. The van der Waals surface area contributed by atoms with E-state index in [1.165, 1.54) is 0 Å². The van der Waals surface area contributed by atoms with Crippen molar-refractivity contribution >= 4 is 29.0 Å². The van der Waals surface area contributed by atoms with Gasteiger partial charge in [0, 0.05) is 16.3 Å². The number of carbonyl (C=O) groups is 1. The summed E-state index contributed by atoms with van der Waals surface area (Å²) in [4.78, 5) is 16.1. The monoisotopic (exact) mass is 285 g/mol. The second-order valence-electron chi connectivity index (χ2n) is 4.71. The van der Waals surface area contributed by atoms with Gasteiger partial charge in [-0.15, -0.1) is 11.3 Å². The Morgan fingerprint density at radius 1 is 1.78 bits per heavy atom. The summed E-state index contributed by atoms with van der Waals surface area (Å²) in [5, 5.41) is 5.76. The van der Waals surface area contributed by atoms with Crippen molar-refractivity contribution in [1.82, 2.24) is 10.3 Å². The average molecular weight is 285 g/mol. The van der Waals surface area contributed by atoms with Crippen LogP contribution in [0.5, 0.6) is 0 Å². The molecule has 100 valence electrons. The molecule has 2 rings (SSSR count). The van der Waals surface area contributed by atoms with E-state index in [1.807, 2.05) is 13.8 Å². The Hall–Kier alpha value is -0.590. The molecule has 0 radical (unpaired) electrons. The Labute approximate surface area is 116 Å². The van der Waals surface area contributed by atoms with E-state index in [1.54, 1.807) is 23.1 Å². The number of hydrogen-bond donors (Lipinski definition) is 2. The first-order valence-corrected chi connectivity index (χ1v) is 7.95. The van der Waals surface area contributed by atoms with Crippen molar-refractivity contribution in [3.63, 3.8) is 0 Å². The molecule has 6 heteroatoms. The zero-order valence-corrected chi connectivity index (χ0v) is 12.4. The number of nitrogens with one attached hydrogen (secondary N) is 1. The van der Waals surface area contributed by atoms with Crippen LogP contribution in [0.15, 0.2) is 9.72 Å². The van der Waals surface area contributed by atoms with Gasteiger partial charge < -0.3 is 11.1 Å². The average Bonchev–Trinajstić information content (AvgIpc) is 2.88. The van der Waals surface area contributed by atoms with Gasteiger partial charge in [0.25, 0.3) is 0 Å². The first-order valence-electron chi connectivity index (χ1n) is 6.19. The van der Waals surface area contributed by atoms with Gasteiger partial charge in [0.05, 0.1) is 5.54 Å². The molecule has 1 aromatic heterocycles. The van der Waals surface area contributed by atoms with Gasteiger partial charge >= 0.3 is 0 Å². The van der Waals surface area contributed by atoms with Gasteiger partial charge in [-0.2, -0.15) is 0 Å². The molecule has 0 spiro atoms. The van der Waals surface area contributed by atoms with Gasteiger partial charge in [-0.3, -0.25) is 4.79 Å². The van der Waals surface area contributed by atoms with Crippen LogP contribution in [0.25, 0.3) is 0 Å². The molecule has 1 aliphatic carbocycles. The highest BCUT2D eigenvalue weighted by molar-refractivity contribution is 8.01. The summed E-state index contributed by atoms with van der Waals surface area (Å²) in [5.41, 5.74) is 6.12. The molecule has 1 saturated carbocycles. The Morgan fingerprint density at radius 3 is 3.11 bits per heavy atom. The first kappa shape index (κ1) is 13.8. The number of nitrogens with two attached hydrogens (primary N) is 1. The second-order valence-corrected chi connectivity index (χ2v) is 7.12. The third-order valence-corrected chi connectivity index (χ3v) is 5.68. The van der Waals surface area contributed by atoms with Crippen LogP contribution in [0.2, 0.25) is 0 Å². The predicted octanol–water partition coefficient (Wildman–Crippen LogP) is 1.93. The normalized spacial score (nSPS) is 27.6. The van der Waals surface area contributed by atoms with E-state index >= 15 is 0 Å². The molecular weight excluding hydrogens is 266 g/mol. The molecule has 1 heterocycles. The summed E-state index contributed by atoms with van der Waals surface area (Å²) in [6.45, 7) is 4.79.